The van der Waals surface area contributed by atoms with E-state index in [0.717, 1.165) is 5.56 Å². The van der Waals surface area contributed by atoms with Gasteiger partial charge in [0.15, 0.2) is 5.84 Å². The summed E-state index contributed by atoms with van der Waals surface area (Å²) in [7, 11) is 0. The first-order valence-corrected chi connectivity index (χ1v) is 6.40. The number of hydrogen-bond acceptors (Lipinski definition) is 3. The molecule has 7 heteroatoms. The van der Waals surface area contributed by atoms with Gasteiger partial charge >= 0.3 is 0 Å². The molecule has 0 saturated carbocycles. The second-order valence-electron chi connectivity index (χ2n) is 4.08. The van der Waals surface area contributed by atoms with Crippen LogP contribution in [0.4, 0.5) is 0 Å². The molecule has 1 aromatic heterocycles. The van der Waals surface area contributed by atoms with E-state index < -0.39 is 0 Å². The summed E-state index contributed by atoms with van der Waals surface area (Å²) >= 11 is 11.9. The van der Waals surface area contributed by atoms with E-state index in [-0.39, 0.29) is 23.5 Å². The van der Waals surface area contributed by atoms with E-state index in [1.165, 1.54) is 10.6 Å². The maximum atomic E-state index is 12.2. The average Bonchev–Trinajstić information content (AvgIpc) is 2.43. The number of pyridine rings is 1. The molecule has 0 aliphatic heterocycles. The van der Waals surface area contributed by atoms with Gasteiger partial charge < -0.3 is 15.5 Å². The van der Waals surface area contributed by atoms with Crippen molar-refractivity contribution in [1.82, 2.24) is 4.57 Å². The van der Waals surface area contributed by atoms with Crippen molar-refractivity contribution in [1.29, 1.82) is 0 Å². The molecule has 3 N–H and O–H groups in total. The van der Waals surface area contributed by atoms with Crippen LogP contribution in [0.25, 0.3) is 0 Å². The lowest BCUT2D eigenvalue weighted by Crippen LogP contribution is -2.29. The molecule has 0 aliphatic carbocycles. The predicted molar refractivity (Wildman–Crippen MR) is 78.8 cm³/mol. The average molecular weight is 312 g/mol. The van der Waals surface area contributed by atoms with E-state index in [9.17, 15) is 4.79 Å². The Morgan fingerprint density at radius 1 is 1.35 bits per heavy atom. The van der Waals surface area contributed by atoms with Crippen molar-refractivity contribution < 1.29 is 5.21 Å². The van der Waals surface area contributed by atoms with Crippen molar-refractivity contribution >= 4 is 29.0 Å². The number of amidine groups is 1. The Kier molecular flexibility index (Phi) is 4.32. The smallest absolute Gasteiger partial charge is 0.261 e. The van der Waals surface area contributed by atoms with E-state index in [2.05, 4.69) is 5.16 Å². The van der Waals surface area contributed by atoms with Gasteiger partial charge in [-0.1, -0.05) is 34.4 Å². The van der Waals surface area contributed by atoms with E-state index in [1.807, 2.05) is 0 Å². The number of aromatic nitrogens is 1. The SMILES string of the molecule is N/C(=N/O)c1cccn(Cc2ccc(Cl)cc2Cl)c1=O. The summed E-state index contributed by atoms with van der Waals surface area (Å²) < 4.78 is 1.42. The molecule has 20 heavy (non-hydrogen) atoms. The lowest BCUT2D eigenvalue weighted by atomic mass is 10.2. The van der Waals surface area contributed by atoms with E-state index in [1.54, 1.807) is 30.5 Å². The summed E-state index contributed by atoms with van der Waals surface area (Å²) in [5.74, 6) is -0.230. The molecular formula is C13H11Cl2N3O2. The number of oxime groups is 1. The third kappa shape index (κ3) is 2.95. The van der Waals surface area contributed by atoms with Gasteiger partial charge in [-0.2, -0.15) is 0 Å². The molecule has 0 atom stereocenters. The van der Waals surface area contributed by atoms with Crippen LogP contribution in [0.2, 0.25) is 10.0 Å². The molecule has 0 aliphatic rings. The lowest BCUT2D eigenvalue weighted by Gasteiger charge is -2.09. The Morgan fingerprint density at radius 3 is 2.75 bits per heavy atom. The fourth-order valence-electron chi connectivity index (χ4n) is 1.74. The second kappa shape index (κ2) is 5.98. The fraction of sp³-hybridized carbons (Fsp3) is 0.0769. The number of hydrogen-bond donors (Lipinski definition) is 2. The van der Waals surface area contributed by atoms with Gasteiger partial charge in [0.05, 0.1) is 12.1 Å². The summed E-state index contributed by atoms with van der Waals surface area (Å²) in [6, 6.07) is 8.17. The van der Waals surface area contributed by atoms with Gasteiger partial charge in [-0.15, -0.1) is 0 Å². The number of nitrogens with two attached hydrogens (primary N) is 1. The molecule has 104 valence electrons. The van der Waals surface area contributed by atoms with Gasteiger partial charge in [0.25, 0.3) is 5.56 Å². The largest absolute Gasteiger partial charge is 0.409 e. The summed E-state index contributed by atoms with van der Waals surface area (Å²) in [5.41, 5.74) is 5.95. The van der Waals surface area contributed by atoms with Crippen LogP contribution in [0.3, 0.4) is 0 Å². The van der Waals surface area contributed by atoms with Crippen LogP contribution in [-0.2, 0) is 6.54 Å². The molecule has 2 aromatic rings. The summed E-state index contributed by atoms with van der Waals surface area (Å²) in [5, 5.41) is 12.5. The lowest BCUT2D eigenvalue weighted by molar-refractivity contribution is 0.318. The number of rotatable bonds is 3. The van der Waals surface area contributed by atoms with Crippen LogP contribution in [0, 0.1) is 0 Å². The summed E-state index contributed by atoms with van der Waals surface area (Å²) in [6.07, 6.45) is 1.60. The minimum atomic E-state index is -0.367. The maximum absolute atomic E-state index is 12.2. The first kappa shape index (κ1) is 14.4. The molecule has 5 nitrogen and oxygen atoms in total. The van der Waals surface area contributed by atoms with Gasteiger partial charge in [0, 0.05) is 16.2 Å². The monoisotopic (exact) mass is 311 g/mol. The zero-order valence-corrected chi connectivity index (χ0v) is 11.8. The molecular weight excluding hydrogens is 301 g/mol. The number of halogens is 2. The van der Waals surface area contributed by atoms with Gasteiger partial charge in [-0.3, -0.25) is 4.79 Å². The first-order chi connectivity index (χ1) is 9.52. The Morgan fingerprint density at radius 2 is 2.10 bits per heavy atom. The van der Waals surface area contributed by atoms with Crippen LogP contribution in [0.5, 0.6) is 0 Å². The van der Waals surface area contributed by atoms with Crippen LogP contribution in [0.1, 0.15) is 11.1 Å². The van der Waals surface area contributed by atoms with Crippen LogP contribution in [-0.4, -0.2) is 15.6 Å². The van der Waals surface area contributed by atoms with Crippen LogP contribution in [0.15, 0.2) is 46.5 Å². The van der Waals surface area contributed by atoms with Crippen molar-refractivity contribution in [3.63, 3.8) is 0 Å². The van der Waals surface area contributed by atoms with Crippen LogP contribution < -0.4 is 11.3 Å². The third-order valence-corrected chi connectivity index (χ3v) is 3.35. The standard InChI is InChI=1S/C13H11Cl2N3O2/c14-9-4-3-8(11(15)6-9)7-18-5-1-2-10(13(18)19)12(16)17-20/h1-6,20H,7H2,(H2,16,17). The molecule has 1 aromatic carbocycles. The molecule has 0 bridgehead atoms. The quantitative estimate of drug-likeness (QED) is 0.395. The Balaban J connectivity index is 2.42. The second-order valence-corrected chi connectivity index (χ2v) is 4.92. The Hall–Kier alpha value is -1.98. The summed E-state index contributed by atoms with van der Waals surface area (Å²) in [6.45, 7) is 0.265. The van der Waals surface area contributed by atoms with E-state index >= 15 is 0 Å². The minimum Gasteiger partial charge on any atom is -0.409 e. The topological polar surface area (TPSA) is 80.6 Å². The highest BCUT2D eigenvalue weighted by atomic mass is 35.5. The maximum Gasteiger partial charge on any atom is 0.261 e. The van der Waals surface area contributed by atoms with Crippen LogP contribution >= 0.6 is 23.2 Å². The van der Waals surface area contributed by atoms with Crippen molar-refractivity contribution in [2.24, 2.45) is 10.9 Å². The molecule has 0 amide bonds. The molecule has 1 heterocycles. The van der Waals surface area contributed by atoms with Gasteiger partial charge in [-0.05, 0) is 29.8 Å². The molecule has 0 radical (unpaired) electrons. The van der Waals surface area contributed by atoms with Crippen molar-refractivity contribution in [3.05, 3.63) is 68.1 Å². The highest BCUT2D eigenvalue weighted by Crippen LogP contribution is 2.21. The molecule has 0 spiro atoms. The molecule has 0 fully saturated rings. The highest BCUT2D eigenvalue weighted by Gasteiger charge is 2.09. The van der Waals surface area contributed by atoms with Gasteiger partial charge in [0.2, 0.25) is 0 Å². The normalized spacial score (nSPS) is 11.6. The van der Waals surface area contributed by atoms with E-state index in [0.29, 0.717) is 10.0 Å². The Labute approximate surface area is 124 Å². The van der Waals surface area contributed by atoms with Gasteiger partial charge in [0.1, 0.15) is 0 Å². The minimum absolute atomic E-state index is 0.125. The third-order valence-electron chi connectivity index (χ3n) is 2.76. The van der Waals surface area contributed by atoms with Gasteiger partial charge in [-0.25, -0.2) is 0 Å². The first-order valence-electron chi connectivity index (χ1n) is 5.64. The zero-order valence-electron chi connectivity index (χ0n) is 10.3. The molecule has 0 saturated heterocycles. The van der Waals surface area contributed by atoms with Crippen molar-refractivity contribution in [2.45, 2.75) is 6.54 Å². The van der Waals surface area contributed by atoms with Crippen molar-refractivity contribution in [2.75, 3.05) is 0 Å². The Bertz CT molecular complexity index is 726. The fourth-order valence-corrected chi connectivity index (χ4v) is 2.21. The summed E-state index contributed by atoms with van der Waals surface area (Å²) in [4.78, 5) is 12.2. The highest BCUT2D eigenvalue weighted by molar-refractivity contribution is 6.35. The number of benzene rings is 1. The zero-order chi connectivity index (χ0) is 14.7. The number of nitrogens with zero attached hydrogens (tertiary/aromatic N) is 2. The predicted octanol–water partition coefficient (Wildman–Crippen LogP) is 2.30. The van der Waals surface area contributed by atoms with Crippen molar-refractivity contribution in [3.8, 4) is 0 Å². The molecule has 2 rings (SSSR count). The van der Waals surface area contributed by atoms with E-state index in [4.69, 9.17) is 34.1 Å². The molecule has 0 unspecified atom stereocenters.